The van der Waals surface area contributed by atoms with Crippen LogP contribution in [-0.4, -0.2) is 30.0 Å². The number of carboxylic acid groups (broad SMARTS) is 1. The van der Waals surface area contributed by atoms with Crippen LogP contribution in [-0.2, 0) is 10.2 Å². The number of hydrogen-bond acceptors (Lipinski definition) is 3. The molecule has 0 unspecified atom stereocenters. The zero-order valence-electron chi connectivity index (χ0n) is 10.7. The molecule has 4 N–H and O–H groups in total. The first-order chi connectivity index (χ1) is 8.00. The number of H-pyrrole nitrogens is 1. The second-order valence-electron chi connectivity index (χ2n) is 5.00. The summed E-state index contributed by atoms with van der Waals surface area (Å²) in [6, 6.07) is 1.42. The number of nitrogens with one attached hydrogen (secondary N) is 3. The lowest BCUT2D eigenvalue weighted by Gasteiger charge is -2.20. The number of aromatic amines is 1. The van der Waals surface area contributed by atoms with Crippen LogP contribution < -0.4 is 9.44 Å². The maximum atomic E-state index is 11.8. The van der Waals surface area contributed by atoms with Gasteiger partial charge in [-0.2, -0.15) is 13.1 Å². The second kappa shape index (κ2) is 4.62. The lowest BCUT2D eigenvalue weighted by Crippen LogP contribution is -2.43. The Bertz CT molecular complexity index is 554. The molecular formula is C10H17N3O4S. The fourth-order valence-corrected chi connectivity index (χ4v) is 2.72. The molecule has 7 nitrogen and oxygen atoms in total. The molecule has 0 bridgehead atoms. The third kappa shape index (κ3) is 4.04. The van der Waals surface area contributed by atoms with E-state index >= 15 is 0 Å². The summed E-state index contributed by atoms with van der Waals surface area (Å²) in [6.45, 7) is 6.70. The van der Waals surface area contributed by atoms with Gasteiger partial charge in [-0.3, -0.25) is 4.72 Å². The molecule has 1 heterocycles. The van der Waals surface area contributed by atoms with Gasteiger partial charge in [0.1, 0.15) is 5.69 Å². The summed E-state index contributed by atoms with van der Waals surface area (Å²) < 4.78 is 28.1. The predicted molar refractivity (Wildman–Crippen MR) is 67.9 cm³/mol. The van der Waals surface area contributed by atoms with Crippen LogP contribution in [0.1, 0.15) is 37.0 Å². The molecule has 0 radical (unpaired) electrons. The maximum Gasteiger partial charge on any atom is 0.354 e. The van der Waals surface area contributed by atoms with Gasteiger partial charge in [-0.15, -0.1) is 0 Å². The third-order valence-corrected chi connectivity index (χ3v) is 3.22. The lowest BCUT2D eigenvalue weighted by atomic mass is 10.1. The predicted octanol–water partition coefficient (Wildman–Crippen LogP) is 1.07. The number of aryl methyl sites for hydroxylation is 1. The van der Waals surface area contributed by atoms with E-state index in [2.05, 4.69) is 14.4 Å². The van der Waals surface area contributed by atoms with Crippen LogP contribution in [0, 0.1) is 6.92 Å². The number of anilines is 1. The first kappa shape index (κ1) is 14.5. The van der Waals surface area contributed by atoms with Crippen LogP contribution in [0.2, 0.25) is 0 Å². The molecule has 1 aromatic rings. The summed E-state index contributed by atoms with van der Waals surface area (Å²) in [5.74, 6) is -1.23. The minimum atomic E-state index is -3.82. The van der Waals surface area contributed by atoms with E-state index < -0.39 is 21.7 Å². The van der Waals surface area contributed by atoms with Gasteiger partial charge in [-0.1, -0.05) is 0 Å². The SMILES string of the molecule is Cc1cc(NS(=O)(=O)NC(C)(C)C)c(C(=O)O)[nH]1. The maximum absolute atomic E-state index is 11.8. The molecule has 8 heteroatoms. The first-order valence-corrected chi connectivity index (χ1v) is 6.73. The Morgan fingerprint density at radius 2 is 1.94 bits per heavy atom. The number of rotatable bonds is 4. The molecule has 0 atom stereocenters. The number of hydrogen-bond donors (Lipinski definition) is 4. The van der Waals surface area contributed by atoms with Crippen molar-refractivity contribution in [2.45, 2.75) is 33.2 Å². The molecule has 0 fully saturated rings. The van der Waals surface area contributed by atoms with E-state index in [1.165, 1.54) is 6.07 Å². The van der Waals surface area contributed by atoms with Gasteiger partial charge >= 0.3 is 5.97 Å². The molecule has 0 aliphatic carbocycles. The van der Waals surface area contributed by atoms with E-state index in [0.717, 1.165) is 0 Å². The Balaban J connectivity index is 3.01. The standard InChI is InChI=1S/C10H17N3O4S/c1-6-5-7(8(11-6)9(14)15)12-18(16,17)13-10(2,3)4/h5,11-13H,1-4H3,(H,14,15). The van der Waals surface area contributed by atoms with Crippen molar-refractivity contribution in [2.75, 3.05) is 4.72 Å². The molecule has 0 spiro atoms. The summed E-state index contributed by atoms with van der Waals surface area (Å²) >= 11 is 0. The van der Waals surface area contributed by atoms with Crippen LogP contribution in [0.4, 0.5) is 5.69 Å². The Labute approximate surface area is 106 Å². The van der Waals surface area contributed by atoms with Crippen molar-refractivity contribution in [2.24, 2.45) is 0 Å². The molecule has 1 aromatic heterocycles. The second-order valence-corrected chi connectivity index (χ2v) is 6.42. The minimum absolute atomic E-state index is 0.0109. The highest BCUT2D eigenvalue weighted by atomic mass is 32.2. The van der Waals surface area contributed by atoms with Crippen LogP contribution in [0.3, 0.4) is 0 Å². The van der Waals surface area contributed by atoms with Gasteiger partial charge in [-0.05, 0) is 33.8 Å². The average molecular weight is 275 g/mol. The fourth-order valence-electron chi connectivity index (χ4n) is 1.41. The summed E-state index contributed by atoms with van der Waals surface area (Å²) in [5.41, 5.74) is -0.273. The van der Waals surface area contributed by atoms with Gasteiger partial charge in [0.15, 0.2) is 0 Å². The number of aromatic nitrogens is 1. The summed E-state index contributed by atoms with van der Waals surface area (Å²) in [5, 5.41) is 8.92. The first-order valence-electron chi connectivity index (χ1n) is 5.25. The van der Waals surface area contributed by atoms with Crippen molar-refractivity contribution in [3.63, 3.8) is 0 Å². The summed E-state index contributed by atoms with van der Waals surface area (Å²) in [4.78, 5) is 13.5. The molecule has 0 saturated heterocycles. The quantitative estimate of drug-likeness (QED) is 0.658. The van der Waals surface area contributed by atoms with Crippen molar-refractivity contribution in [1.82, 2.24) is 9.71 Å². The van der Waals surface area contributed by atoms with Gasteiger partial charge in [0, 0.05) is 11.2 Å². The lowest BCUT2D eigenvalue weighted by molar-refractivity contribution is 0.0692. The smallest absolute Gasteiger partial charge is 0.354 e. The Hall–Kier alpha value is -1.54. The van der Waals surface area contributed by atoms with Gasteiger partial charge in [0.05, 0.1) is 5.69 Å². The van der Waals surface area contributed by atoms with Crippen molar-refractivity contribution < 1.29 is 18.3 Å². The zero-order valence-corrected chi connectivity index (χ0v) is 11.5. The largest absolute Gasteiger partial charge is 0.477 e. The van der Waals surface area contributed by atoms with E-state index in [4.69, 9.17) is 5.11 Å². The molecule has 0 aromatic carbocycles. The van der Waals surface area contributed by atoms with E-state index in [9.17, 15) is 13.2 Å². The van der Waals surface area contributed by atoms with Crippen molar-refractivity contribution in [1.29, 1.82) is 0 Å². The van der Waals surface area contributed by atoms with E-state index in [0.29, 0.717) is 5.69 Å². The van der Waals surface area contributed by atoms with Crippen molar-refractivity contribution in [3.05, 3.63) is 17.5 Å². The van der Waals surface area contributed by atoms with Gasteiger partial charge in [0.25, 0.3) is 10.2 Å². The van der Waals surface area contributed by atoms with Crippen LogP contribution >= 0.6 is 0 Å². The number of carboxylic acids is 1. The minimum Gasteiger partial charge on any atom is -0.477 e. The van der Waals surface area contributed by atoms with Crippen LogP contribution in [0.25, 0.3) is 0 Å². The van der Waals surface area contributed by atoms with Crippen molar-refractivity contribution in [3.8, 4) is 0 Å². The third-order valence-electron chi connectivity index (χ3n) is 1.85. The zero-order chi connectivity index (χ0) is 14.1. The molecule has 18 heavy (non-hydrogen) atoms. The number of aromatic carboxylic acids is 1. The molecule has 0 aliphatic rings. The average Bonchev–Trinajstić information content (AvgIpc) is 2.40. The Morgan fingerprint density at radius 3 is 2.39 bits per heavy atom. The fraction of sp³-hybridized carbons (Fsp3) is 0.500. The highest BCUT2D eigenvalue weighted by Crippen LogP contribution is 2.18. The molecular weight excluding hydrogens is 258 g/mol. The molecule has 0 amide bonds. The summed E-state index contributed by atoms with van der Waals surface area (Å²) in [7, 11) is -3.82. The Kier molecular flexibility index (Phi) is 3.72. The van der Waals surface area contributed by atoms with Gasteiger partial charge in [-0.25, -0.2) is 4.79 Å². The van der Waals surface area contributed by atoms with E-state index in [1.54, 1.807) is 27.7 Å². The molecule has 1 rings (SSSR count). The highest BCUT2D eigenvalue weighted by molar-refractivity contribution is 7.90. The monoisotopic (exact) mass is 275 g/mol. The summed E-state index contributed by atoms with van der Waals surface area (Å²) in [6.07, 6.45) is 0. The topological polar surface area (TPSA) is 111 Å². The number of carbonyl (C=O) groups is 1. The molecule has 0 aliphatic heterocycles. The van der Waals surface area contributed by atoms with Crippen LogP contribution in [0.15, 0.2) is 6.07 Å². The molecule has 102 valence electrons. The molecule has 0 saturated carbocycles. The van der Waals surface area contributed by atoms with E-state index in [-0.39, 0.29) is 11.4 Å². The van der Waals surface area contributed by atoms with Crippen LogP contribution in [0.5, 0.6) is 0 Å². The van der Waals surface area contributed by atoms with E-state index in [1.807, 2.05) is 0 Å². The normalized spacial score (nSPS) is 12.4. The van der Waals surface area contributed by atoms with Gasteiger partial charge in [0.2, 0.25) is 0 Å². The van der Waals surface area contributed by atoms with Gasteiger partial charge < -0.3 is 10.1 Å². The van der Waals surface area contributed by atoms with Crippen molar-refractivity contribution >= 4 is 21.9 Å². The Morgan fingerprint density at radius 1 is 1.39 bits per heavy atom. The highest BCUT2D eigenvalue weighted by Gasteiger charge is 2.22.